The lowest BCUT2D eigenvalue weighted by Gasteiger charge is -2.25. The monoisotopic (exact) mass is 234 g/mol. The number of hydrogen-bond acceptors (Lipinski definition) is 3. The van der Waals surface area contributed by atoms with Crippen molar-refractivity contribution in [3.05, 3.63) is 35.9 Å². The molecule has 3 heteroatoms. The van der Waals surface area contributed by atoms with Gasteiger partial charge >= 0.3 is 0 Å². The van der Waals surface area contributed by atoms with Crippen molar-refractivity contribution in [1.29, 1.82) is 0 Å². The summed E-state index contributed by atoms with van der Waals surface area (Å²) in [4.78, 5) is 0. The fourth-order valence-corrected chi connectivity index (χ4v) is 2.74. The fourth-order valence-electron chi connectivity index (χ4n) is 2.74. The van der Waals surface area contributed by atoms with E-state index in [1.165, 1.54) is 19.3 Å². The van der Waals surface area contributed by atoms with Gasteiger partial charge in [0.2, 0.25) is 0 Å². The van der Waals surface area contributed by atoms with E-state index in [1.807, 2.05) is 18.2 Å². The molecule has 0 aromatic heterocycles. The molecule has 0 amide bonds. The Labute approximate surface area is 103 Å². The third kappa shape index (κ3) is 3.06. The number of aliphatic hydroxyl groups is 1. The van der Waals surface area contributed by atoms with Crippen LogP contribution in [0.1, 0.15) is 30.9 Å². The predicted molar refractivity (Wildman–Crippen MR) is 69.6 cm³/mol. The standard InChI is InChI=1S/C14H22N2O/c15-9-12-7-4-8-13(12)16-14(10-17)11-5-2-1-3-6-11/h1-3,5-6,12-14,16-17H,4,7-10,15H2/t12?,13?,14-/m1/s1. The summed E-state index contributed by atoms with van der Waals surface area (Å²) in [5.74, 6) is 0.563. The van der Waals surface area contributed by atoms with Crippen molar-refractivity contribution in [2.24, 2.45) is 11.7 Å². The fraction of sp³-hybridized carbons (Fsp3) is 0.571. The topological polar surface area (TPSA) is 58.3 Å². The minimum Gasteiger partial charge on any atom is -0.394 e. The Morgan fingerprint density at radius 2 is 2.06 bits per heavy atom. The summed E-state index contributed by atoms with van der Waals surface area (Å²) in [7, 11) is 0. The highest BCUT2D eigenvalue weighted by molar-refractivity contribution is 5.19. The molecular formula is C14H22N2O. The molecule has 4 N–H and O–H groups in total. The molecular weight excluding hydrogens is 212 g/mol. The molecule has 3 atom stereocenters. The maximum absolute atomic E-state index is 9.51. The highest BCUT2D eigenvalue weighted by atomic mass is 16.3. The largest absolute Gasteiger partial charge is 0.394 e. The average molecular weight is 234 g/mol. The van der Waals surface area contributed by atoms with Gasteiger partial charge in [-0.1, -0.05) is 36.8 Å². The predicted octanol–water partition coefficient (Wildman–Crippen LogP) is 1.44. The first-order valence-electron chi connectivity index (χ1n) is 6.47. The van der Waals surface area contributed by atoms with Crippen LogP contribution in [0.4, 0.5) is 0 Å². The van der Waals surface area contributed by atoms with Crippen LogP contribution in [0.5, 0.6) is 0 Å². The molecule has 1 aliphatic carbocycles. The highest BCUT2D eigenvalue weighted by Crippen LogP contribution is 2.27. The number of nitrogens with two attached hydrogens (primary N) is 1. The SMILES string of the molecule is NCC1CCCC1N[C@H](CO)c1ccccc1. The van der Waals surface area contributed by atoms with Crippen LogP contribution in [-0.2, 0) is 0 Å². The van der Waals surface area contributed by atoms with Crippen molar-refractivity contribution < 1.29 is 5.11 Å². The summed E-state index contributed by atoms with van der Waals surface area (Å²) in [5.41, 5.74) is 6.93. The van der Waals surface area contributed by atoms with Crippen molar-refractivity contribution in [1.82, 2.24) is 5.32 Å². The zero-order valence-electron chi connectivity index (χ0n) is 10.2. The van der Waals surface area contributed by atoms with E-state index >= 15 is 0 Å². The molecule has 1 saturated carbocycles. The van der Waals surface area contributed by atoms with Crippen molar-refractivity contribution in [2.75, 3.05) is 13.2 Å². The molecule has 1 aromatic rings. The molecule has 0 aliphatic heterocycles. The van der Waals surface area contributed by atoms with E-state index < -0.39 is 0 Å². The number of nitrogens with one attached hydrogen (secondary N) is 1. The van der Waals surface area contributed by atoms with Gasteiger partial charge in [-0.3, -0.25) is 0 Å². The van der Waals surface area contributed by atoms with E-state index in [9.17, 15) is 5.11 Å². The van der Waals surface area contributed by atoms with Gasteiger partial charge in [0, 0.05) is 6.04 Å². The molecule has 2 rings (SSSR count). The molecule has 94 valence electrons. The van der Waals surface area contributed by atoms with Gasteiger partial charge in [-0.25, -0.2) is 0 Å². The Morgan fingerprint density at radius 1 is 1.29 bits per heavy atom. The van der Waals surface area contributed by atoms with Gasteiger partial charge in [-0.15, -0.1) is 0 Å². The Kier molecular flexibility index (Phi) is 4.54. The Hall–Kier alpha value is -0.900. The van der Waals surface area contributed by atoms with Crippen LogP contribution in [0.25, 0.3) is 0 Å². The molecule has 0 spiro atoms. The van der Waals surface area contributed by atoms with E-state index in [1.54, 1.807) is 0 Å². The first-order valence-corrected chi connectivity index (χ1v) is 6.47. The normalized spacial score (nSPS) is 26.0. The van der Waals surface area contributed by atoms with Gasteiger partial charge in [0.1, 0.15) is 0 Å². The zero-order valence-corrected chi connectivity index (χ0v) is 10.2. The van der Waals surface area contributed by atoms with E-state index in [0.717, 1.165) is 12.1 Å². The Bertz CT molecular complexity index is 328. The molecule has 17 heavy (non-hydrogen) atoms. The third-order valence-electron chi connectivity index (χ3n) is 3.76. The third-order valence-corrected chi connectivity index (χ3v) is 3.76. The lowest BCUT2D eigenvalue weighted by atomic mass is 10.0. The smallest absolute Gasteiger partial charge is 0.0626 e. The van der Waals surface area contributed by atoms with Gasteiger partial charge in [0.15, 0.2) is 0 Å². The molecule has 0 saturated heterocycles. The maximum Gasteiger partial charge on any atom is 0.0626 e. The van der Waals surface area contributed by atoms with Gasteiger partial charge in [0.25, 0.3) is 0 Å². The molecule has 1 fully saturated rings. The molecule has 3 nitrogen and oxygen atoms in total. The molecule has 2 unspecified atom stereocenters. The van der Waals surface area contributed by atoms with E-state index in [2.05, 4.69) is 17.4 Å². The Morgan fingerprint density at radius 3 is 2.71 bits per heavy atom. The average Bonchev–Trinajstić information content (AvgIpc) is 2.84. The summed E-state index contributed by atoms with van der Waals surface area (Å²) in [6, 6.07) is 10.6. The van der Waals surface area contributed by atoms with Crippen LogP contribution >= 0.6 is 0 Å². The number of hydrogen-bond donors (Lipinski definition) is 3. The van der Waals surface area contributed by atoms with Crippen LogP contribution < -0.4 is 11.1 Å². The van der Waals surface area contributed by atoms with Crippen molar-refractivity contribution in [3.63, 3.8) is 0 Å². The second-order valence-corrected chi connectivity index (χ2v) is 4.85. The molecule has 0 radical (unpaired) electrons. The quantitative estimate of drug-likeness (QED) is 0.722. The van der Waals surface area contributed by atoms with Crippen LogP contribution in [-0.4, -0.2) is 24.3 Å². The number of aliphatic hydroxyl groups excluding tert-OH is 1. The van der Waals surface area contributed by atoms with Gasteiger partial charge in [-0.05, 0) is 30.9 Å². The summed E-state index contributed by atoms with van der Waals surface area (Å²) in [5, 5.41) is 13.1. The number of benzene rings is 1. The summed E-state index contributed by atoms with van der Waals surface area (Å²) < 4.78 is 0. The molecule has 1 aliphatic rings. The van der Waals surface area contributed by atoms with Gasteiger partial charge in [-0.2, -0.15) is 0 Å². The molecule has 0 bridgehead atoms. The minimum atomic E-state index is 0.0355. The van der Waals surface area contributed by atoms with Gasteiger partial charge < -0.3 is 16.2 Å². The Balaban J connectivity index is 2.00. The van der Waals surface area contributed by atoms with E-state index in [-0.39, 0.29) is 12.6 Å². The van der Waals surface area contributed by atoms with E-state index in [4.69, 9.17) is 5.73 Å². The van der Waals surface area contributed by atoms with Crippen molar-refractivity contribution in [3.8, 4) is 0 Å². The number of rotatable bonds is 5. The molecule has 1 aromatic carbocycles. The van der Waals surface area contributed by atoms with E-state index in [0.29, 0.717) is 12.0 Å². The lowest BCUT2D eigenvalue weighted by molar-refractivity contribution is 0.223. The zero-order chi connectivity index (χ0) is 12.1. The maximum atomic E-state index is 9.51. The highest BCUT2D eigenvalue weighted by Gasteiger charge is 2.27. The van der Waals surface area contributed by atoms with Crippen molar-refractivity contribution in [2.45, 2.75) is 31.3 Å². The lowest BCUT2D eigenvalue weighted by Crippen LogP contribution is -2.39. The van der Waals surface area contributed by atoms with Crippen LogP contribution in [0, 0.1) is 5.92 Å². The first-order chi connectivity index (χ1) is 8.35. The van der Waals surface area contributed by atoms with Crippen LogP contribution in [0.2, 0.25) is 0 Å². The summed E-state index contributed by atoms with van der Waals surface area (Å²) in [6.45, 7) is 0.877. The van der Waals surface area contributed by atoms with Crippen LogP contribution in [0.3, 0.4) is 0 Å². The van der Waals surface area contributed by atoms with Crippen LogP contribution in [0.15, 0.2) is 30.3 Å². The van der Waals surface area contributed by atoms with Gasteiger partial charge in [0.05, 0.1) is 12.6 Å². The summed E-state index contributed by atoms with van der Waals surface area (Å²) >= 11 is 0. The molecule has 0 heterocycles. The second-order valence-electron chi connectivity index (χ2n) is 4.85. The minimum absolute atomic E-state index is 0.0355. The first kappa shape index (κ1) is 12.6. The van der Waals surface area contributed by atoms with Crippen molar-refractivity contribution >= 4 is 0 Å². The second kappa shape index (κ2) is 6.15. The summed E-state index contributed by atoms with van der Waals surface area (Å²) in [6.07, 6.45) is 3.62.